The topological polar surface area (TPSA) is 38.7 Å². The Bertz CT molecular complexity index is 407. The summed E-state index contributed by atoms with van der Waals surface area (Å²) in [5, 5.41) is 9.22. The maximum atomic E-state index is 9.22. The largest absolute Gasteiger partial charge is 0.394 e. The third-order valence-corrected chi connectivity index (χ3v) is 3.33. The number of rotatable bonds is 3. The first-order valence-electron chi connectivity index (χ1n) is 6.56. The molecule has 0 aromatic heterocycles. The number of aliphatic hydroxyl groups excluding tert-OH is 1. The van der Waals surface area contributed by atoms with Crippen molar-refractivity contribution >= 4 is 8.07 Å². The van der Waals surface area contributed by atoms with Crippen molar-refractivity contribution in [2.45, 2.75) is 51.5 Å². The van der Waals surface area contributed by atoms with Gasteiger partial charge in [-0.2, -0.15) is 0 Å². The van der Waals surface area contributed by atoms with Crippen molar-refractivity contribution in [2.24, 2.45) is 0 Å². The van der Waals surface area contributed by atoms with Gasteiger partial charge in [0.1, 0.15) is 20.3 Å². The van der Waals surface area contributed by atoms with E-state index in [9.17, 15) is 5.11 Å². The van der Waals surface area contributed by atoms with Crippen molar-refractivity contribution in [1.29, 1.82) is 0 Å². The van der Waals surface area contributed by atoms with Crippen molar-refractivity contribution in [1.82, 2.24) is 0 Å². The Labute approximate surface area is 117 Å². The SMILES string of the molecule is CC1(C)O[C@@H](CO)[C@@H](/C=C\C=C\C#C[Si](C)(C)C)O1. The molecule has 1 rings (SSSR count). The minimum atomic E-state index is -1.29. The van der Waals surface area contributed by atoms with Gasteiger partial charge in [0.05, 0.1) is 6.61 Å². The average Bonchev–Trinajstić information content (AvgIpc) is 2.57. The fraction of sp³-hybridized carbons (Fsp3) is 0.600. The molecule has 0 aromatic rings. The van der Waals surface area contributed by atoms with Crippen LogP contribution in [0.4, 0.5) is 0 Å². The molecule has 3 nitrogen and oxygen atoms in total. The molecule has 1 aliphatic heterocycles. The van der Waals surface area contributed by atoms with E-state index >= 15 is 0 Å². The molecule has 1 saturated heterocycles. The highest BCUT2D eigenvalue weighted by molar-refractivity contribution is 6.83. The molecule has 1 aliphatic rings. The summed E-state index contributed by atoms with van der Waals surface area (Å²) in [7, 11) is -1.29. The molecule has 1 heterocycles. The summed E-state index contributed by atoms with van der Waals surface area (Å²) in [5.41, 5.74) is 3.26. The number of allylic oxidation sites excluding steroid dienone is 3. The lowest BCUT2D eigenvalue weighted by molar-refractivity contribution is -0.146. The smallest absolute Gasteiger partial charge is 0.164 e. The van der Waals surface area contributed by atoms with Gasteiger partial charge in [0.15, 0.2) is 5.79 Å². The Morgan fingerprint density at radius 3 is 2.47 bits per heavy atom. The van der Waals surface area contributed by atoms with Crippen LogP contribution in [0.15, 0.2) is 24.3 Å². The maximum absolute atomic E-state index is 9.22. The highest BCUT2D eigenvalue weighted by Crippen LogP contribution is 2.28. The van der Waals surface area contributed by atoms with E-state index in [0.717, 1.165) is 0 Å². The van der Waals surface area contributed by atoms with E-state index in [1.54, 1.807) is 0 Å². The van der Waals surface area contributed by atoms with Crippen molar-refractivity contribution < 1.29 is 14.6 Å². The van der Waals surface area contributed by atoms with Gasteiger partial charge in [-0.05, 0) is 19.9 Å². The molecule has 0 unspecified atom stereocenters. The molecule has 0 spiro atoms. The van der Waals surface area contributed by atoms with E-state index in [1.165, 1.54) is 0 Å². The van der Waals surface area contributed by atoms with E-state index < -0.39 is 13.9 Å². The maximum Gasteiger partial charge on any atom is 0.164 e. The zero-order valence-electron chi connectivity index (χ0n) is 12.4. The van der Waals surface area contributed by atoms with E-state index in [2.05, 4.69) is 31.1 Å². The number of hydrogen-bond donors (Lipinski definition) is 1. The molecule has 19 heavy (non-hydrogen) atoms. The zero-order chi connectivity index (χ0) is 14.5. The number of aliphatic hydroxyl groups is 1. The molecule has 0 radical (unpaired) electrons. The standard InChI is InChI=1S/C15H24O3Si/c1-15(2)17-13(14(12-16)18-15)10-8-6-7-9-11-19(3,4)5/h6-8,10,13-14,16H,12H2,1-5H3/b7-6+,10-8-/t13-,14+/m1/s1. The summed E-state index contributed by atoms with van der Waals surface area (Å²) in [5.74, 6) is 2.42. The molecule has 0 aromatic carbocycles. The van der Waals surface area contributed by atoms with E-state index in [0.29, 0.717) is 0 Å². The molecule has 1 fully saturated rings. The van der Waals surface area contributed by atoms with Crippen LogP contribution >= 0.6 is 0 Å². The lowest BCUT2D eigenvalue weighted by atomic mass is 10.2. The minimum absolute atomic E-state index is 0.0441. The van der Waals surface area contributed by atoms with Crippen molar-refractivity contribution in [2.75, 3.05) is 6.61 Å². The fourth-order valence-corrected chi connectivity index (χ4v) is 2.22. The molecule has 0 aliphatic carbocycles. The Hall–Kier alpha value is -0.863. The quantitative estimate of drug-likeness (QED) is 0.490. The third kappa shape index (κ3) is 6.21. The van der Waals surface area contributed by atoms with E-state index in [4.69, 9.17) is 9.47 Å². The van der Waals surface area contributed by atoms with Gasteiger partial charge in [0, 0.05) is 0 Å². The Kier molecular flexibility index (Phi) is 5.57. The van der Waals surface area contributed by atoms with E-state index in [1.807, 2.05) is 38.2 Å². The van der Waals surface area contributed by atoms with Crippen LogP contribution in [0.3, 0.4) is 0 Å². The van der Waals surface area contributed by atoms with Crippen molar-refractivity contribution in [3.8, 4) is 11.5 Å². The van der Waals surface area contributed by atoms with E-state index in [-0.39, 0.29) is 18.8 Å². The molecule has 2 atom stereocenters. The van der Waals surface area contributed by atoms with Crippen LogP contribution in [0, 0.1) is 11.5 Å². The second kappa shape index (κ2) is 6.53. The number of ether oxygens (including phenoxy) is 2. The van der Waals surface area contributed by atoms with Gasteiger partial charge in [0.25, 0.3) is 0 Å². The monoisotopic (exact) mass is 280 g/mol. The third-order valence-electron chi connectivity index (χ3n) is 2.44. The Morgan fingerprint density at radius 1 is 1.21 bits per heavy atom. The zero-order valence-corrected chi connectivity index (χ0v) is 13.4. The molecule has 0 saturated carbocycles. The Balaban J connectivity index is 2.52. The van der Waals surface area contributed by atoms with Crippen LogP contribution in [0.25, 0.3) is 0 Å². The second-order valence-corrected chi connectivity index (χ2v) is 10.8. The predicted octanol–water partition coefficient (Wildman–Crippen LogP) is 2.49. The first-order chi connectivity index (χ1) is 8.73. The van der Waals surface area contributed by atoms with Crippen LogP contribution in [0.5, 0.6) is 0 Å². The van der Waals surface area contributed by atoms with Gasteiger partial charge in [-0.1, -0.05) is 43.8 Å². The first kappa shape index (κ1) is 16.2. The average molecular weight is 280 g/mol. The lowest BCUT2D eigenvalue weighted by Gasteiger charge is -2.15. The van der Waals surface area contributed by atoms with Crippen LogP contribution in [-0.4, -0.2) is 37.8 Å². The minimum Gasteiger partial charge on any atom is -0.394 e. The van der Waals surface area contributed by atoms with Crippen molar-refractivity contribution in [3.63, 3.8) is 0 Å². The summed E-state index contributed by atoms with van der Waals surface area (Å²) in [6, 6.07) is 0. The van der Waals surface area contributed by atoms with Crippen LogP contribution in [0.2, 0.25) is 19.6 Å². The summed E-state index contributed by atoms with van der Waals surface area (Å²) in [4.78, 5) is 0. The molecular weight excluding hydrogens is 256 g/mol. The highest BCUT2D eigenvalue weighted by Gasteiger charge is 2.39. The van der Waals surface area contributed by atoms with Crippen LogP contribution in [-0.2, 0) is 9.47 Å². The molecule has 0 bridgehead atoms. The molecule has 4 heteroatoms. The van der Waals surface area contributed by atoms with Crippen molar-refractivity contribution in [3.05, 3.63) is 24.3 Å². The molecule has 106 valence electrons. The highest BCUT2D eigenvalue weighted by atomic mass is 28.3. The van der Waals surface area contributed by atoms with Gasteiger partial charge in [0.2, 0.25) is 0 Å². The lowest BCUT2D eigenvalue weighted by Crippen LogP contribution is -2.24. The van der Waals surface area contributed by atoms with Crippen LogP contribution in [0.1, 0.15) is 13.8 Å². The predicted molar refractivity (Wildman–Crippen MR) is 80.3 cm³/mol. The van der Waals surface area contributed by atoms with Gasteiger partial charge >= 0.3 is 0 Å². The van der Waals surface area contributed by atoms with Crippen LogP contribution < -0.4 is 0 Å². The molecule has 0 amide bonds. The summed E-state index contributed by atoms with van der Waals surface area (Å²) in [6.07, 6.45) is 6.99. The second-order valence-electron chi connectivity index (χ2n) is 6.08. The van der Waals surface area contributed by atoms with Gasteiger partial charge in [-0.25, -0.2) is 0 Å². The van der Waals surface area contributed by atoms with Gasteiger partial charge in [-0.3, -0.25) is 0 Å². The number of hydrogen-bond acceptors (Lipinski definition) is 3. The summed E-state index contributed by atoms with van der Waals surface area (Å²) in [6.45, 7) is 10.3. The summed E-state index contributed by atoms with van der Waals surface area (Å²) < 4.78 is 11.2. The summed E-state index contributed by atoms with van der Waals surface area (Å²) >= 11 is 0. The van der Waals surface area contributed by atoms with Gasteiger partial charge < -0.3 is 14.6 Å². The van der Waals surface area contributed by atoms with Gasteiger partial charge in [-0.15, -0.1) is 5.54 Å². The molecular formula is C15H24O3Si. The fourth-order valence-electron chi connectivity index (χ4n) is 1.70. The normalized spacial score (nSPS) is 26.8. The molecule has 1 N–H and O–H groups in total. The Morgan fingerprint density at radius 2 is 1.89 bits per heavy atom. The first-order valence-corrected chi connectivity index (χ1v) is 10.1.